The zero-order valence-corrected chi connectivity index (χ0v) is 9.91. The van der Waals surface area contributed by atoms with E-state index in [4.69, 9.17) is 4.74 Å². The van der Waals surface area contributed by atoms with Crippen LogP contribution in [0, 0.1) is 0 Å². The Morgan fingerprint density at radius 1 is 1.62 bits per heavy atom. The Morgan fingerprint density at radius 3 is 3.31 bits per heavy atom. The van der Waals surface area contributed by atoms with Crippen molar-refractivity contribution in [2.24, 2.45) is 0 Å². The van der Waals surface area contributed by atoms with E-state index in [2.05, 4.69) is 22.2 Å². The molecule has 2 unspecified atom stereocenters. The molecule has 1 fully saturated rings. The van der Waals surface area contributed by atoms with Gasteiger partial charge in [0.25, 0.3) is 0 Å². The third-order valence-corrected chi connectivity index (χ3v) is 3.09. The van der Waals surface area contributed by atoms with Crippen LogP contribution in [-0.2, 0) is 11.3 Å². The molecule has 0 aliphatic carbocycles. The summed E-state index contributed by atoms with van der Waals surface area (Å²) in [6.07, 6.45) is 8.74. The van der Waals surface area contributed by atoms with Crippen LogP contribution in [0.4, 0.5) is 0 Å². The summed E-state index contributed by atoms with van der Waals surface area (Å²) in [7, 11) is 0. The monoisotopic (exact) mass is 223 g/mol. The van der Waals surface area contributed by atoms with Gasteiger partial charge in [0.05, 0.1) is 12.6 Å². The van der Waals surface area contributed by atoms with E-state index in [1.165, 1.54) is 12.8 Å². The van der Waals surface area contributed by atoms with Gasteiger partial charge < -0.3 is 15.0 Å². The predicted molar refractivity (Wildman–Crippen MR) is 63.1 cm³/mol. The Hall–Kier alpha value is -0.870. The van der Waals surface area contributed by atoms with Crippen LogP contribution in [0.2, 0.25) is 0 Å². The topological polar surface area (TPSA) is 49.9 Å². The van der Waals surface area contributed by atoms with Crippen molar-refractivity contribution < 1.29 is 4.74 Å². The van der Waals surface area contributed by atoms with E-state index in [0.717, 1.165) is 31.8 Å². The second-order valence-corrected chi connectivity index (χ2v) is 4.42. The van der Waals surface area contributed by atoms with E-state index in [0.29, 0.717) is 12.1 Å². The smallest absolute Gasteiger partial charge is 0.120 e. The van der Waals surface area contributed by atoms with Crippen molar-refractivity contribution in [2.75, 3.05) is 6.61 Å². The molecule has 16 heavy (non-hydrogen) atoms. The molecule has 4 heteroatoms. The highest BCUT2D eigenvalue weighted by Crippen LogP contribution is 2.17. The number of H-pyrrole nitrogens is 1. The fourth-order valence-electron chi connectivity index (χ4n) is 2.22. The minimum absolute atomic E-state index is 0.452. The highest BCUT2D eigenvalue weighted by molar-refractivity contribution is 4.87. The minimum Gasteiger partial charge on any atom is -0.378 e. The van der Waals surface area contributed by atoms with Gasteiger partial charge in [0.15, 0.2) is 0 Å². The largest absolute Gasteiger partial charge is 0.378 e. The average molecular weight is 223 g/mol. The molecular formula is C12H21N3O. The van der Waals surface area contributed by atoms with Gasteiger partial charge >= 0.3 is 0 Å². The van der Waals surface area contributed by atoms with Crippen LogP contribution in [0.25, 0.3) is 0 Å². The summed E-state index contributed by atoms with van der Waals surface area (Å²) in [5.74, 6) is 1.01. The van der Waals surface area contributed by atoms with Crippen LogP contribution in [0.3, 0.4) is 0 Å². The van der Waals surface area contributed by atoms with Crippen molar-refractivity contribution >= 4 is 0 Å². The van der Waals surface area contributed by atoms with Gasteiger partial charge in [-0.3, -0.25) is 0 Å². The zero-order valence-electron chi connectivity index (χ0n) is 9.91. The lowest BCUT2D eigenvalue weighted by atomic mass is 10.0. The number of aromatic nitrogens is 2. The summed E-state index contributed by atoms with van der Waals surface area (Å²) in [5, 5.41) is 3.54. The maximum atomic E-state index is 5.72. The molecular weight excluding hydrogens is 202 g/mol. The molecule has 0 bridgehead atoms. The van der Waals surface area contributed by atoms with Gasteiger partial charge in [0.1, 0.15) is 5.82 Å². The highest BCUT2D eigenvalue weighted by atomic mass is 16.5. The first-order valence-electron chi connectivity index (χ1n) is 6.21. The van der Waals surface area contributed by atoms with E-state index in [9.17, 15) is 0 Å². The Balaban J connectivity index is 1.72. The number of hydrogen-bond donors (Lipinski definition) is 2. The number of imidazole rings is 1. The summed E-state index contributed by atoms with van der Waals surface area (Å²) >= 11 is 0. The molecule has 1 aliphatic heterocycles. The zero-order chi connectivity index (χ0) is 11.2. The highest BCUT2D eigenvalue weighted by Gasteiger charge is 2.21. The average Bonchev–Trinajstić information content (AvgIpc) is 2.80. The molecule has 0 spiro atoms. The molecule has 2 rings (SSSR count). The molecule has 1 aliphatic rings. The van der Waals surface area contributed by atoms with Gasteiger partial charge in [-0.15, -0.1) is 0 Å². The number of rotatable bonds is 5. The molecule has 1 saturated heterocycles. The summed E-state index contributed by atoms with van der Waals surface area (Å²) < 4.78 is 5.72. The lowest BCUT2D eigenvalue weighted by molar-refractivity contribution is -0.00352. The Labute approximate surface area is 96.8 Å². The number of ether oxygens (including phenoxy) is 1. The van der Waals surface area contributed by atoms with Crippen molar-refractivity contribution in [3.8, 4) is 0 Å². The first-order chi connectivity index (χ1) is 7.88. The van der Waals surface area contributed by atoms with Gasteiger partial charge in [0, 0.05) is 25.0 Å². The summed E-state index contributed by atoms with van der Waals surface area (Å²) in [4.78, 5) is 7.31. The standard InChI is InChI=1S/C12H21N3O/c1-2-3-11-8-10(4-7-16-11)15-9-12-13-5-6-14-12/h5-6,10-11,15H,2-4,7-9H2,1H3,(H,13,14). The van der Waals surface area contributed by atoms with Crippen LogP contribution >= 0.6 is 0 Å². The van der Waals surface area contributed by atoms with Crippen LogP contribution in [0.5, 0.6) is 0 Å². The van der Waals surface area contributed by atoms with E-state index >= 15 is 0 Å². The molecule has 2 N–H and O–H groups in total. The third-order valence-electron chi connectivity index (χ3n) is 3.09. The van der Waals surface area contributed by atoms with Crippen molar-refractivity contribution in [1.29, 1.82) is 0 Å². The van der Waals surface area contributed by atoms with Gasteiger partial charge in [-0.1, -0.05) is 13.3 Å². The number of aromatic amines is 1. The normalized spacial score (nSPS) is 25.8. The lowest BCUT2D eigenvalue weighted by Gasteiger charge is -2.30. The molecule has 90 valence electrons. The second-order valence-electron chi connectivity index (χ2n) is 4.42. The second kappa shape index (κ2) is 6.01. The number of hydrogen-bond acceptors (Lipinski definition) is 3. The number of nitrogens with one attached hydrogen (secondary N) is 2. The van der Waals surface area contributed by atoms with Crippen molar-refractivity contribution in [3.05, 3.63) is 18.2 Å². The lowest BCUT2D eigenvalue weighted by Crippen LogP contribution is -2.38. The Kier molecular flexibility index (Phi) is 4.36. The quantitative estimate of drug-likeness (QED) is 0.801. The Bertz CT molecular complexity index is 284. The van der Waals surface area contributed by atoms with Crippen LogP contribution in [0.15, 0.2) is 12.4 Å². The molecule has 0 radical (unpaired) electrons. The fraction of sp³-hybridized carbons (Fsp3) is 0.750. The van der Waals surface area contributed by atoms with Gasteiger partial charge in [-0.2, -0.15) is 0 Å². The predicted octanol–water partition coefficient (Wildman–Crippen LogP) is 1.85. The fourth-order valence-corrected chi connectivity index (χ4v) is 2.22. The molecule has 0 aromatic carbocycles. The first-order valence-corrected chi connectivity index (χ1v) is 6.21. The summed E-state index contributed by atoms with van der Waals surface area (Å²) in [6, 6.07) is 0.579. The van der Waals surface area contributed by atoms with E-state index in [-0.39, 0.29) is 0 Å². The van der Waals surface area contributed by atoms with E-state index in [1.54, 1.807) is 6.20 Å². The van der Waals surface area contributed by atoms with Crippen molar-refractivity contribution in [1.82, 2.24) is 15.3 Å². The first kappa shape index (κ1) is 11.6. The minimum atomic E-state index is 0.452. The molecule has 4 nitrogen and oxygen atoms in total. The van der Waals surface area contributed by atoms with Gasteiger partial charge in [-0.05, 0) is 19.3 Å². The maximum absolute atomic E-state index is 5.72. The van der Waals surface area contributed by atoms with Crippen molar-refractivity contribution in [3.63, 3.8) is 0 Å². The van der Waals surface area contributed by atoms with Gasteiger partial charge in [-0.25, -0.2) is 4.98 Å². The van der Waals surface area contributed by atoms with Crippen molar-refractivity contribution in [2.45, 2.75) is 51.3 Å². The van der Waals surface area contributed by atoms with Crippen LogP contribution < -0.4 is 5.32 Å². The maximum Gasteiger partial charge on any atom is 0.120 e. The van der Waals surface area contributed by atoms with Crippen LogP contribution in [0.1, 0.15) is 38.4 Å². The SMILES string of the molecule is CCCC1CC(NCc2ncc[nH]2)CCO1. The molecule has 2 atom stereocenters. The van der Waals surface area contributed by atoms with Crippen LogP contribution in [-0.4, -0.2) is 28.7 Å². The summed E-state index contributed by atoms with van der Waals surface area (Å²) in [6.45, 7) is 3.93. The molecule has 2 heterocycles. The molecule has 1 aromatic rings. The molecule has 0 amide bonds. The third kappa shape index (κ3) is 3.32. The molecule has 1 aromatic heterocycles. The summed E-state index contributed by atoms with van der Waals surface area (Å²) in [5.41, 5.74) is 0. The van der Waals surface area contributed by atoms with Gasteiger partial charge in [0.2, 0.25) is 0 Å². The Morgan fingerprint density at radius 2 is 2.56 bits per heavy atom. The molecule has 0 saturated carbocycles. The van der Waals surface area contributed by atoms with E-state index in [1.807, 2.05) is 6.20 Å². The van der Waals surface area contributed by atoms with E-state index < -0.39 is 0 Å². The number of nitrogens with zero attached hydrogens (tertiary/aromatic N) is 1.